The lowest BCUT2D eigenvalue weighted by molar-refractivity contribution is -0.141. The lowest BCUT2D eigenvalue weighted by Gasteiger charge is -2.39. The first kappa shape index (κ1) is 15.3. The Balaban J connectivity index is 1.65. The minimum Gasteiger partial charge on any atom is -0.487 e. The Hall–Kier alpha value is -2.58. The summed E-state index contributed by atoms with van der Waals surface area (Å²) >= 11 is 0. The number of alkyl halides is 3. The van der Waals surface area contributed by atoms with Crippen molar-refractivity contribution in [1.82, 2.24) is 14.5 Å². The van der Waals surface area contributed by atoms with E-state index in [2.05, 4.69) is 9.97 Å². The van der Waals surface area contributed by atoms with Gasteiger partial charge in [-0.05, 0) is 6.07 Å². The molecule has 0 atom stereocenters. The first-order chi connectivity index (χ1) is 10.8. The second-order valence-electron chi connectivity index (χ2n) is 5.19. The number of anilines is 1. The Morgan fingerprint density at radius 1 is 1.26 bits per heavy atom. The highest BCUT2D eigenvalue weighted by Gasteiger charge is 2.34. The maximum absolute atomic E-state index is 12.6. The van der Waals surface area contributed by atoms with Gasteiger partial charge in [-0.2, -0.15) is 13.2 Å². The molecule has 2 aromatic rings. The minimum atomic E-state index is -4.51. The van der Waals surface area contributed by atoms with Crippen molar-refractivity contribution in [3.8, 4) is 5.75 Å². The van der Waals surface area contributed by atoms with Gasteiger partial charge in [0.25, 0.3) is 5.56 Å². The quantitative estimate of drug-likeness (QED) is 0.855. The minimum absolute atomic E-state index is 0.103. The number of aryl methyl sites for hydroxylation is 1. The summed E-state index contributed by atoms with van der Waals surface area (Å²) in [4.78, 5) is 20.9. The van der Waals surface area contributed by atoms with Gasteiger partial charge < -0.3 is 14.2 Å². The molecule has 0 bridgehead atoms. The first-order valence-electron chi connectivity index (χ1n) is 6.81. The summed E-state index contributed by atoms with van der Waals surface area (Å²) in [5, 5.41) is 0. The third kappa shape index (κ3) is 3.13. The van der Waals surface area contributed by atoms with E-state index in [0.29, 0.717) is 18.9 Å². The molecule has 3 heterocycles. The van der Waals surface area contributed by atoms with Crippen LogP contribution in [0.25, 0.3) is 0 Å². The lowest BCUT2D eigenvalue weighted by atomic mass is 10.1. The van der Waals surface area contributed by atoms with Crippen LogP contribution >= 0.6 is 0 Å². The van der Waals surface area contributed by atoms with E-state index in [1.165, 1.54) is 16.8 Å². The van der Waals surface area contributed by atoms with Crippen LogP contribution in [0.5, 0.6) is 5.75 Å². The number of ether oxygens (including phenoxy) is 1. The molecule has 0 amide bonds. The van der Waals surface area contributed by atoms with E-state index < -0.39 is 11.9 Å². The number of pyridine rings is 1. The monoisotopic (exact) mass is 326 g/mol. The standard InChI is InChI=1S/C14H13F3N4O2/c1-20-5-4-19-12(13(20)22)21-7-10(8-21)23-9-2-3-18-11(6-9)14(15,16)17/h2-6,10H,7-8H2,1H3. The maximum Gasteiger partial charge on any atom is 0.433 e. The van der Waals surface area contributed by atoms with E-state index in [0.717, 1.165) is 12.3 Å². The molecule has 23 heavy (non-hydrogen) atoms. The fraction of sp³-hybridized carbons (Fsp3) is 0.357. The number of rotatable bonds is 3. The molecule has 3 rings (SSSR count). The van der Waals surface area contributed by atoms with Crippen molar-refractivity contribution in [2.75, 3.05) is 18.0 Å². The van der Waals surface area contributed by atoms with Crippen molar-refractivity contribution >= 4 is 5.82 Å². The van der Waals surface area contributed by atoms with Crippen molar-refractivity contribution < 1.29 is 17.9 Å². The fourth-order valence-electron chi connectivity index (χ4n) is 2.22. The molecule has 1 aliphatic rings. The van der Waals surface area contributed by atoms with Gasteiger partial charge in [-0.1, -0.05) is 0 Å². The van der Waals surface area contributed by atoms with Crippen LogP contribution in [0, 0.1) is 0 Å². The van der Waals surface area contributed by atoms with Gasteiger partial charge in [-0.3, -0.25) is 9.78 Å². The number of hydrogen-bond acceptors (Lipinski definition) is 5. The average Bonchev–Trinajstić information content (AvgIpc) is 2.45. The molecule has 2 aromatic heterocycles. The van der Waals surface area contributed by atoms with Crippen LogP contribution in [0.3, 0.4) is 0 Å². The molecule has 6 nitrogen and oxygen atoms in total. The van der Waals surface area contributed by atoms with Crippen molar-refractivity contribution in [2.45, 2.75) is 12.3 Å². The molecule has 1 saturated heterocycles. The molecule has 9 heteroatoms. The molecular weight excluding hydrogens is 313 g/mol. The van der Waals surface area contributed by atoms with Crippen LogP contribution in [-0.4, -0.2) is 33.7 Å². The van der Waals surface area contributed by atoms with E-state index in [4.69, 9.17) is 4.74 Å². The second kappa shape index (κ2) is 5.56. The maximum atomic E-state index is 12.6. The normalized spacial score (nSPS) is 15.4. The van der Waals surface area contributed by atoms with Gasteiger partial charge in [0, 0.05) is 31.7 Å². The summed E-state index contributed by atoms with van der Waals surface area (Å²) in [5.41, 5.74) is -1.22. The number of halogens is 3. The van der Waals surface area contributed by atoms with E-state index >= 15 is 0 Å². The molecule has 0 spiro atoms. The Morgan fingerprint density at radius 3 is 2.70 bits per heavy atom. The van der Waals surface area contributed by atoms with Crippen LogP contribution in [0.15, 0.2) is 35.5 Å². The van der Waals surface area contributed by atoms with Crippen LogP contribution in [-0.2, 0) is 13.2 Å². The molecule has 0 unspecified atom stereocenters. The highest BCUT2D eigenvalue weighted by molar-refractivity contribution is 5.40. The summed E-state index contributed by atoms with van der Waals surface area (Å²) in [6.07, 6.45) is -0.683. The van der Waals surface area contributed by atoms with Crippen molar-refractivity contribution in [1.29, 1.82) is 0 Å². The summed E-state index contributed by atoms with van der Waals surface area (Å²) in [5.74, 6) is 0.409. The molecule has 0 saturated carbocycles. The van der Waals surface area contributed by atoms with E-state index in [9.17, 15) is 18.0 Å². The highest BCUT2D eigenvalue weighted by atomic mass is 19.4. The number of hydrogen-bond donors (Lipinski definition) is 0. The Kier molecular flexibility index (Phi) is 3.70. The molecule has 0 radical (unpaired) electrons. The molecule has 1 fully saturated rings. The molecule has 1 aliphatic heterocycles. The van der Waals surface area contributed by atoms with Crippen LogP contribution in [0.2, 0.25) is 0 Å². The Labute approximate surface area is 129 Å². The summed E-state index contributed by atoms with van der Waals surface area (Å²) in [6.45, 7) is 0.770. The molecule has 122 valence electrons. The molecule has 0 aliphatic carbocycles. The predicted molar refractivity (Wildman–Crippen MR) is 75.3 cm³/mol. The Bertz CT molecular complexity index is 769. The zero-order chi connectivity index (χ0) is 16.6. The van der Waals surface area contributed by atoms with Crippen molar-refractivity contribution in [3.63, 3.8) is 0 Å². The van der Waals surface area contributed by atoms with Gasteiger partial charge in [-0.25, -0.2) is 4.98 Å². The summed E-state index contributed by atoms with van der Waals surface area (Å²) in [7, 11) is 1.62. The fourth-order valence-corrected chi connectivity index (χ4v) is 2.22. The van der Waals surface area contributed by atoms with E-state index in [1.807, 2.05) is 0 Å². The zero-order valence-corrected chi connectivity index (χ0v) is 12.1. The number of nitrogens with zero attached hydrogens (tertiary/aromatic N) is 4. The van der Waals surface area contributed by atoms with Crippen LogP contribution < -0.4 is 15.2 Å². The third-order valence-corrected chi connectivity index (χ3v) is 3.47. The summed E-state index contributed by atoms with van der Waals surface area (Å²) < 4.78 is 44.7. The van der Waals surface area contributed by atoms with Gasteiger partial charge in [0.05, 0.1) is 13.1 Å². The largest absolute Gasteiger partial charge is 0.487 e. The topological polar surface area (TPSA) is 60.3 Å². The van der Waals surface area contributed by atoms with Crippen LogP contribution in [0.1, 0.15) is 5.69 Å². The first-order valence-corrected chi connectivity index (χ1v) is 6.81. The van der Waals surface area contributed by atoms with Crippen molar-refractivity contribution in [2.24, 2.45) is 7.05 Å². The summed E-state index contributed by atoms with van der Waals surface area (Å²) in [6, 6.07) is 2.24. The zero-order valence-electron chi connectivity index (χ0n) is 12.1. The van der Waals surface area contributed by atoms with Gasteiger partial charge in [0.2, 0.25) is 0 Å². The smallest absolute Gasteiger partial charge is 0.433 e. The predicted octanol–water partition coefficient (Wildman–Crippen LogP) is 1.46. The molecular formula is C14H13F3N4O2. The van der Waals surface area contributed by atoms with Gasteiger partial charge in [0.1, 0.15) is 17.5 Å². The van der Waals surface area contributed by atoms with Crippen LogP contribution in [0.4, 0.5) is 19.0 Å². The Morgan fingerprint density at radius 2 is 2.00 bits per heavy atom. The number of aromatic nitrogens is 3. The molecule has 0 aromatic carbocycles. The average molecular weight is 326 g/mol. The van der Waals surface area contributed by atoms with Gasteiger partial charge >= 0.3 is 6.18 Å². The van der Waals surface area contributed by atoms with E-state index in [-0.39, 0.29) is 17.4 Å². The highest BCUT2D eigenvalue weighted by Crippen LogP contribution is 2.30. The lowest BCUT2D eigenvalue weighted by Crippen LogP contribution is -2.56. The van der Waals surface area contributed by atoms with E-state index in [1.54, 1.807) is 18.1 Å². The van der Waals surface area contributed by atoms with Gasteiger partial charge in [0.15, 0.2) is 5.82 Å². The van der Waals surface area contributed by atoms with Gasteiger partial charge in [-0.15, -0.1) is 0 Å². The van der Waals surface area contributed by atoms with Crippen molar-refractivity contribution in [3.05, 3.63) is 46.8 Å². The second-order valence-corrected chi connectivity index (χ2v) is 5.19. The molecule has 0 N–H and O–H groups in total. The SMILES string of the molecule is Cn1ccnc(N2CC(Oc3ccnc(C(F)(F)F)c3)C2)c1=O. The third-order valence-electron chi connectivity index (χ3n) is 3.47.